The molecule has 0 aromatic heterocycles. The number of hydrogen-bond acceptors (Lipinski definition) is 4. The van der Waals surface area contributed by atoms with Crippen LogP contribution in [0.2, 0.25) is 5.02 Å². The van der Waals surface area contributed by atoms with Crippen molar-refractivity contribution in [1.29, 1.82) is 0 Å². The van der Waals surface area contributed by atoms with E-state index in [2.05, 4.69) is 5.32 Å². The zero-order valence-corrected chi connectivity index (χ0v) is 15.1. The van der Waals surface area contributed by atoms with Crippen LogP contribution < -0.4 is 10.1 Å². The first-order valence-electron chi connectivity index (χ1n) is 7.91. The van der Waals surface area contributed by atoms with Crippen molar-refractivity contribution in [2.45, 2.75) is 26.9 Å². The number of rotatable bonds is 6. The number of esters is 1. The van der Waals surface area contributed by atoms with Crippen LogP contribution in [-0.2, 0) is 9.53 Å². The van der Waals surface area contributed by atoms with Gasteiger partial charge in [0.15, 0.2) is 6.10 Å². The molecule has 0 spiro atoms. The minimum atomic E-state index is -0.716. The maximum atomic E-state index is 12.3. The molecule has 25 heavy (non-hydrogen) atoms. The van der Waals surface area contributed by atoms with Gasteiger partial charge in [-0.3, -0.25) is 4.79 Å². The molecule has 1 atom stereocenters. The lowest BCUT2D eigenvalue weighted by Crippen LogP contribution is -2.30. The second kappa shape index (κ2) is 8.53. The second-order valence-corrected chi connectivity index (χ2v) is 5.87. The minimum absolute atomic E-state index is 0.292. The summed E-state index contributed by atoms with van der Waals surface area (Å²) in [6.45, 7) is 5.54. The number of ether oxygens (including phenoxy) is 2. The average Bonchev–Trinajstić information content (AvgIpc) is 2.58. The fourth-order valence-corrected chi connectivity index (χ4v) is 2.25. The molecule has 1 unspecified atom stereocenters. The first-order chi connectivity index (χ1) is 11.9. The van der Waals surface area contributed by atoms with Crippen LogP contribution in [-0.4, -0.2) is 24.6 Å². The number of anilines is 1. The van der Waals surface area contributed by atoms with Crippen LogP contribution in [0.1, 0.15) is 29.8 Å². The van der Waals surface area contributed by atoms with E-state index in [1.807, 2.05) is 6.92 Å². The van der Waals surface area contributed by atoms with Crippen LogP contribution in [0, 0.1) is 6.92 Å². The lowest BCUT2D eigenvalue weighted by molar-refractivity contribution is -0.122. The van der Waals surface area contributed by atoms with Gasteiger partial charge in [-0.15, -0.1) is 0 Å². The molecule has 0 saturated heterocycles. The van der Waals surface area contributed by atoms with Gasteiger partial charge in [-0.05, 0) is 62.7 Å². The molecule has 0 heterocycles. The molecular weight excluding hydrogens is 342 g/mol. The van der Waals surface area contributed by atoms with E-state index >= 15 is 0 Å². The van der Waals surface area contributed by atoms with E-state index in [1.165, 1.54) is 0 Å². The van der Waals surface area contributed by atoms with Gasteiger partial charge in [0.05, 0.1) is 12.2 Å². The summed E-state index contributed by atoms with van der Waals surface area (Å²) in [5, 5.41) is 3.37. The number of aryl methyl sites for hydroxylation is 1. The molecule has 5 nitrogen and oxygen atoms in total. The van der Waals surface area contributed by atoms with Gasteiger partial charge >= 0.3 is 5.97 Å². The summed E-state index contributed by atoms with van der Waals surface area (Å²) in [4.78, 5) is 24.0. The SMILES string of the molecule is CCOC(=O)c1cccc(NC(=O)C(C)Oc2ccc(Cl)c(C)c2)c1. The lowest BCUT2D eigenvalue weighted by atomic mass is 10.2. The van der Waals surface area contributed by atoms with Crippen LogP contribution in [0.25, 0.3) is 0 Å². The Morgan fingerprint density at radius 1 is 1.20 bits per heavy atom. The molecule has 0 fully saturated rings. The van der Waals surface area contributed by atoms with Crippen LogP contribution in [0.3, 0.4) is 0 Å². The number of nitrogens with one attached hydrogen (secondary N) is 1. The average molecular weight is 362 g/mol. The van der Waals surface area contributed by atoms with Crippen molar-refractivity contribution >= 4 is 29.2 Å². The third kappa shape index (κ3) is 5.22. The van der Waals surface area contributed by atoms with Crippen molar-refractivity contribution in [3.8, 4) is 5.75 Å². The Morgan fingerprint density at radius 2 is 1.96 bits per heavy atom. The van der Waals surface area contributed by atoms with Crippen molar-refractivity contribution in [3.05, 3.63) is 58.6 Å². The molecule has 2 rings (SSSR count). The van der Waals surface area contributed by atoms with Crippen molar-refractivity contribution in [3.63, 3.8) is 0 Å². The van der Waals surface area contributed by atoms with Crippen molar-refractivity contribution < 1.29 is 19.1 Å². The lowest BCUT2D eigenvalue weighted by Gasteiger charge is -2.15. The standard InChI is InChI=1S/C19H20ClNO4/c1-4-24-19(23)14-6-5-7-15(11-14)21-18(22)13(3)25-16-8-9-17(20)12(2)10-16/h5-11,13H,4H2,1-3H3,(H,21,22). The van der Waals surface area contributed by atoms with Crippen LogP contribution in [0.4, 0.5) is 5.69 Å². The Bertz CT molecular complexity index is 776. The second-order valence-electron chi connectivity index (χ2n) is 5.46. The predicted molar refractivity (Wildman–Crippen MR) is 97.3 cm³/mol. The van der Waals surface area contributed by atoms with E-state index in [0.717, 1.165) is 5.56 Å². The highest BCUT2D eigenvalue weighted by Crippen LogP contribution is 2.22. The summed E-state index contributed by atoms with van der Waals surface area (Å²) in [6, 6.07) is 11.8. The van der Waals surface area contributed by atoms with Gasteiger partial charge in [-0.2, -0.15) is 0 Å². The Balaban J connectivity index is 2.02. The molecule has 2 aromatic rings. The van der Waals surface area contributed by atoms with Crippen LogP contribution in [0.5, 0.6) is 5.75 Å². The molecule has 2 aromatic carbocycles. The normalized spacial score (nSPS) is 11.5. The van der Waals surface area contributed by atoms with E-state index in [0.29, 0.717) is 28.6 Å². The summed E-state index contributed by atoms with van der Waals surface area (Å²) in [5.41, 5.74) is 1.74. The third-order valence-electron chi connectivity index (χ3n) is 3.45. The molecule has 6 heteroatoms. The molecule has 0 saturated carbocycles. The molecule has 0 aliphatic carbocycles. The topological polar surface area (TPSA) is 64.6 Å². The maximum Gasteiger partial charge on any atom is 0.338 e. The first kappa shape index (κ1) is 18.8. The van der Waals surface area contributed by atoms with Gasteiger partial charge < -0.3 is 14.8 Å². The summed E-state index contributed by atoms with van der Waals surface area (Å²) in [5.74, 6) is -0.196. The van der Waals surface area contributed by atoms with Gasteiger partial charge in [0, 0.05) is 10.7 Å². The number of carbonyl (C=O) groups is 2. The summed E-state index contributed by atoms with van der Waals surface area (Å²) in [6.07, 6.45) is -0.716. The largest absolute Gasteiger partial charge is 0.481 e. The number of halogens is 1. The van der Waals surface area contributed by atoms with Gasteiger partial charge in [0.1, 0.15) is 5.75 Å². The number of amides is 1. The highest BCUT2D eigenvalue weighted by Gasteiger charge is 2.16. The Labute approximate surface area is 151 Å². The molecular formula is C19H20ClNO4. The summed E-state index contributed by atoms with van der Waals surface area (Å²) >= 11 is 5.98. The fourth-order valence-electron chi connectivity index (χ4n) is 2.13. The Kier molecular flexibility index (Phi) is 6.42. The highest BCUT2D eigenvalue weighted by molar-refractivity contribution is 6.31. The first-order valence-corrected chi connectivity index (χ1v) is 8.29. The van der Waals surface area contributed by atoms with Crippen LogP contribution >= 0.6 is 11.6 Å². The molecule has 1 N–H and O–H groups in total. The summed E-state index contributed by atoms with van der Waals surface area (Å²) in [7, 11) is 0. The molecule has 1 amide bonds. The van der Waals surface area contributed by atoms with E-state index in [1.54, 1.807) is 56.3 Å². The number of benzene rings is 2. The minimum Gasteiger partial charge on any atom is -0.481 e. The third-order valence-corrected chi connectivity index (χ3v) is 3.88. The molecule has 0 aliphatic rings. The van der Waals surface area contributed by atoms with Crippen LogP contribution in [0.15, 0.2) is 42.5 Å². The van der Waals surface area contributed by atoms with E-state index < -0.39 is 12.1 Å². The summed E-state index contributed by atoms with van der Waals surface area (Å²) < 4.78 is 10.6. The van der Waals surface area contributed by atoms with E-state index in [9.17, 15) is 9.59 Å². The molecule has 0 aliphatic heterocycles. The fraction of sp³-hybridized carbons (Fsp3) is 0.263. The van der Waals surface area contributed by atoms with Gasteiger partial charge in [0.2, 0.25) is 0 Å². The number of hydrogen-bond donors (Lipinski definition) is 1. The zero-order valence-electron chi connectivity index (χ0n) is 14.3. The highest BCUT2D eigenvalue weighted by atomic mass is 35.5. The monoisotopic (exact) mass is 361 g/mol. The van der Waals surface area contributed by atoms with Gasteiger partial charge in [0.25, 0.3) is 5.91 Å². The van der Waals surface area contributed by atoms with Crippen molar-refractivity contribution in [1.82, 2.24) is 0 Å². The maximum absolute atomic E-state index is 12.3. The van der Waals surface area contributed by atoms with Gasteiger partial charge in [-0.1, -0.05) is 17.7 Å². The Morgan fingerprint density at radius 3 is 2.64 bits per heavy atom. The quantitative estimate of drug-likeness (QED) is 0.782. The molecule has 0 radical (unpaired) electrons. The van der Waals surface area contributed by atoms with Crippen molar-refractivity contribution in [2.75, 3.05) is 11.9 Å². The predicted octanol–water partition coefficient (Wildman–Crippen LogP) is 4.23. The zero-order chi connectivity index (χ0) is 18.4. The van der Waals surface area contributed by atoms with Gasteiger partial charge in [-0.25, -0.2) is 4.79 Å². The molecule has 0 bridgehead atoms. The Hall–Kier alpha value is -2.53. The van der Waals surface area contributed by atoms with Crippen molar-refractivity contribution in [2.24, 2.45) is 0 Å². The number of carbonyl (C=O) groups excluding carboxylic acids is 2. The smallest absolute Gasteiger partial charge is 0.338 e. The van der Waals surface area contributed by atoms with E-state index in [-0.39, 0.29) is 5.91 Å². The van der Waals surface area contributed by atoms with E-state index in [4.69, 9.17) is 21.1 Å². The molecule has 132 valence electrons.